The molecule has 6 rings (SSSR count). The Bertz CT molecular complexity index is 3230. The van der Waals surface area contributed by atoms with E-state index in [1.54, 1.807) is 12.4 Å². The Kier molecular flexibility index (Phi) is 25.7. The number of aliphatic hydroxyl groups excluding tert-OH is 1. The zero-order chi connectivity index (χ0) is 64.2. The van der Waals surface area contributed by atoms with Gasteiger partial charge in [-0.05, 0) is 131 Å². The fourth-order valence-corrected chi connectivity index (χ4v) is 10.7. The summed E-state index contributed by atoms with van der Waals surface area (Å²) in [5.74, 6) is -8.09. The van der Waals surface area contributed by atoms with Crippen LogP contribution < -0.4 is 60.2 Å². The number of phenols is 1. The van der Waals surface area contributed by atoms with E-state index in [2.05, 4.69) is 47.2 Å². The molecule has 0 spiro atoms. The molecular formula is C63H87N14O11. The summed E-state index contributed by atoms with van der Waals surface area (Å²) in [6, 6.07) is 10.3. The molecule has 25 nitrogen and oxygen atoms in total. The minimum Gasteiger partial charge on any atom is -0.508 e. The summed E-state index contributed by atoms with van der Waals surface area (Å²) in [7, 11) is 0. The normalized spacial score (nSPS) is 15.4. The first kappa shape index (κ1) is 68.6. The fraction of sp³-hybridized carbons (Fsp3) is 0.476. The van der Waals surface area contributed by atoms with Gasteiger partial charge in [-0.1, -0.05) is 62.4 Å². The van der Waals surface area contributed by atoms with Crippen molar-refractivity contribution in [3.63, 3.8) is 0 Å². The summed E-state index contributed by atoms with van der Waals surface area (Å²) in [4.78, 5) is 134. The number of Topliss-reactive ketones (excluding diaryl/α,β-unsaturated/α-hetero) is 3. The molecule has 25 heteroatoms. The van der Waals surface area contributed by atoms with Gasteiger partial charge in [0, 0.05) is 65.9 Å². The minimum absolute atomic E-state index is 0.00558. The minimum atomic E-state index is -1.67. The number of guanidine groups is 1. The Hall–Kier alpha value is -8.52. The summed E-state index contributed by atoms with van der Waals surface area (Å²) in [6.07, 6.45) is 5.26. The maximum absolute atomic E-state index is 14.6. The molecule has 6 amide bonds. The van der Waals surface area contributed by atoms with Crippen molar-refractivity contribution in [2.45, 2.75) is 153 Å². The number of amides is 6. The van der Waals surface area contributed by atoms with Crippen molar-refractivity contribution in [2.24, 2.45) is 40.7 Å². The predicted molar refractivity (Wildman–Crippen MR) is 332 cm³/mol. The van der Waals surface area contributed by atoms with Gasteiger partial charge < -0.3 is 80.3 Å². The molecule has 88 heavy (non-hydrogen) atoms. The maximum Gasteiger partial charge on any atom is 0.245 e. The third-order valence-electron chi connectivity index (χ3n) is 15.6. The van der Waals surface area contributed by atoms with E-state index in [0.29, 0.717) is 36.8 Å². The molecule has 1 saturated carbocycles. The number of fused-ring (bicyclic) bond motifs is 2. The molecule has 1 unspecified atom stereocenters. The number of para-hydroxylation sites is 2. The van der Waals surface area contributed by atoms with Crippen molar-refractivity contribution >= 4 is 80.6 Å². The second-order valence-corrected chi connectivity index (χ2v) is 23.3. The van der Waals surface area contributed by atoms with E-state index in [1.807, 2.05) is 62.4 Å². The third kappa shape index (κ3) is 20.0. The molecular weight excluding hydrogens is 1130 g/mol. The fourth-order valence-electron chi connectivity index (χ4n) is 10.7. The summed E-state index contributed by atoms with van der Waals surface area (Å²) >= 11 is 0. The lowest BCUT2D eigenvalue weighted by Crippen LogP contribution is -2.61. The Morgan fingerprint density at radius 3 is 1.68 bits per heavy atom. The Morgan fingerprint density at radius 1 is 0.625 bits per heavy atom. The number of aromatic amines is 2. The highest BCUT2D eigenvalue weighted by molar-refractivity contribution is 6.05. The highest BCUT2D eigenvalue weighted by atomic mass is 16.3. The van der Waals surface area contributed by atoms with Gasteiger partial charge in [-0.15, -0.1) is 0 Å². The molecule has 20 N–H and O–H groups in total. The number of benzene rings is 3. The molecule has 9 atom stereocenters. The molecule has 1 fully saturated rings. The lowest BCUT2D eigenvalue weighted by molar-refractivity contribution is -0.136. The van der Waals surface area contributed by atoms with Gasteiger partial charge in [0.1, 0.15) is 41.7 Å². The number of unbranched alkanes of at least 4 members (excludes halogenated alkanes) is 1. The van der Waals surface area contributed by atoms with Crippen LogP contribution in [0.4, 0.5) is 0 Å². The molecule has 1 aliphatic carbocycles. The smallest absolute Gasteiger partial charge is 0.245 e. The van der Waals surface area contributed by atoms with Crippen molar-refractivity contribution in [3.05, 3.63) is 108 Å². The molecule has 5 aromatic rings. The van der Waals surface area contributed by atoms with Crippen LogP contribution in [0.15, 0.2) is 85.2 Å². The van der Waals surface area contributed by atoms with E-state index in [4.69, 9.17) is 28.3 Å². The molecule has 1 radical (unpaired) electrons. The van der Waals surface area contributed by atoms with Crippen molar-refractivity contribution in [1.82, 2.24) is 47.2 Å². The lowest BCUT2D eigenvalue weighted by atomic mass is 9.76. The van der Waals surface area contributed by atoms with Gasteiger partial charge in [0.25, 0.3) is 0 Å². The summed E-state index contributed by atoms with van der Waals surface area (Å²) < 4.78 is 0. The van der Waals surface area contributed by atoms with Crippen molar-refractivity contribution in [3.8, 4) is 5.75 Å². The molecule has 475 valence electrons. The van der Waals surface area contributed by atoms with Gasteiger partial charge in [0.15, 0.2) is 17.5 Å². The number of ketones is 3. The molecule has 3 aromatic carbocycles. The van der Waals surface area contributed by atoms with Gasteiger partial charge in [-0.3, -0.25) is 48.6 Å². The number of nitrogens with one attached hydrogen (secondary N) is 10. The number of nitrogens with two attached hydrogens (primary N) is 4. The molecule has 1 aliphatic rings. The van der Waals surface area contributed by atoms with Gasteiger partial charge in [-0.2, -0.15) is 0 Å². The highest BCUT2D eigenvalue weighted by Gasteiger charge is 2.46. The largest absolute Gasteiger partial charge is 0.508 e. The van der Waals surface area contributed by atoms with Crippen molar-refractivity contribution < 1.29 is 53.4 Å². The monoisotopic (exact) mass is 1220 g/mol. The van der Waals surface area contributed by atoms with Crippen LogP contribution in [-0.4, -0.2) is 147 Å². The van der Waals surface area contributed by atoms with Crippen molar-refractivity contribution in [1.29, 1.82) is 5.41 Å². The first-order valence-electron chi connectivity index (χ1n) is 30.0. The van der Waals surface area contributed by atoms with Gasteiger partial charge in [-0.25, -0.2) is 0 Å². The summed E-state index contributed by atoms with van der Waals surface area (Å²) in [6.45, 7) is 5.81. The van der Waals surface area contributed by atoms with Crippen LogP contribution in [0.5, 0.6) is 5.75 Å². The number of aliphatic hydroxyl groups is 1. The average molecular weight is 1220 g/mol. The van der Waals surface area contributed by atoms with E-state index < -0.39 is 120 Å². The highest BCUT2D eigenvalue weighted by Crippen LogP contribution is 2.45. The molecule has 0 saturated heterocycles. The number of hydrogen-bond acceptors (Lipinski definition) is 15. The molecule has 0 bridgehead atoms. The zero-order valence-corrected chi connectivity index (χ0v) is 50.4. The quantitative estimate of drug-likeness (QED) is 0.0150. The van der Waals surface area contributed by atoms with Crippen LogP contribution >= 0.6 is 0 Å². The van der Waals surface area contributed by atoms with Crippen LogP contribution in [0.3, 0.4) is 0 Å². The maximum atomic E-state index is 14.6. The summed E-state index contributed by atoms with van der Waals surface area (Å²) in [5, 5.41) is 48.7. The molecule has 0 aliphatic heterocycles. The Balaban J connectivity index is 1.20. The van der Waals surface area contributed by atoms with Crippen LogP contribution in [0.2, 0.25) is 0 Å². The number of carbonyl (C=O) groups excluding carboxylic acids is 9. The third-order valence-corrected chi connectivity index (χ3v) is 15.6. The van der Waals surface area contributed by atoms with Crippen LogP contribution in [0.1, 0.15) is 102 Å². The van der Waals surface area contributed by atoms with Gasteiger partial charge >= 0.3 is 0 Å². The second-order valence-electron chi connectivity index (χ2n) is 23.3. The van der Waals surface area contributed by atoms with E-state index in [0.717, 1.165) is 27.4 Å². The number of hydrogen-bond donors (Lipinski definition) is 16. The van der Waals surface area contributed by atoms with Crippen LogP contribution in [0, 0.1) is 29.1 Å². The molecule has 2 aromatic heterocycles. The topological polar surface area (TPSA) is 438 Å². The standard InChI is InChI=1S/C63H87N14O11/c1-34(2)26-50(59(85)72-48(17-11-25-69-63(67)68)54(81)30-44(36(4)79)55(38-20-21-38)56(82)45(66)28-39-31-70-46-14-7-5-12-42(39)46)75-58(84)49(16-9-10-24-64)73-60(86)51(27-37-18-22-41(80)23-19-37)76-62(88)53(33-78)77-61(87)52(74-57(83)35(3)65)29-40-32-71-47-15-8-6-13-43(40)47/h5-8,12-15,18-19,22-23,31-32,34-35,38,44-45,48-53,70-71,78,80H,9-11,16-17,20-21,24-30,33,64-66H2,1-4H3,(H,72,85)(H,73,86)(H,74,83)(H,75,84)(H,76,88)(H,77,87)(H4,67,68,69)/t35-,44?,45+,48-,49+,50-,51-,52+,53-/m0/s1. The Labute approximate surface area is 511 Å². The zero-order valence-electron chi connectivity index (χ0n) is 50.4. The predicted octanol–water partition coefficient (Wildman–Crippen LogP) is 1.11. The lowest BCUT2D eigenvalue weighted by Gasteiger charge is -2.29. The average Bonchev–Trinajstić information content (AvgIpc) is 3.15. The number of rotatable bonds is 37. The van der Waals surface area contributed by atoms with E-state index >= 15 is 0 Å². The van der Waals surface area contributed by atoms with E-state index in [9.17, 15) is 53.4 Å². The van der Waals surface area contributed by atoms with Crippen molar-refractivity contribution in [2.75, 3.05) is 19.7 Å². The van der Waals surface area contributed by atoms with Gasteiger partial charge in [0.2, 0.25) is 35.4 Å². The molecule has 2 heterocycles. The second kappa shape index (κ2) is 33.0. The van der Waals surface area contributed by atoms with Crippen LogP contribution in [-0.2, 0) is 62.4 Å². The van der Waals surface area contributed by atoms with Crippen LogP contribution in [0.25, 0.3) is 21.8 Å². The first-order valence-corrected chi connectivity index (χ1v) is 30.0. The number of aromatic nitrogens is 2. The number of carbonyl (C=O) groups is 9. The number of phenolic OH excluding ortho intramolecular Hbond substituents is 1. The van der Waals surface area contributed by atoms with Gasteiger partial charge in [0.05, 0.1) is 30.7 Å². The summed E-state index contributed by atoms with van der Waals surface area (Å²) in [5.41, 5.74) is 27.5. The number of H-pyrrole nitrogens is 2. The number of aromatic hydroxyl groups is 1. The Morgan fingerprint density at radius 2 is 1.12 bits per heavy atom. The van der Waals surface area contributed by atoms with E-state index in [-0.39, 0.29) is 87.5 Å². The first-order chi connectivity index (χ1) is 42.0. The van der Waals surface area contributed by atoms with E-state index in [1.165, 1.54) is 38.1 Å². The SMILES string of the molecule is CC(=O)C(CC(=O)[C@H](CCCNC(=N)N)NC(=O)[C@H](CC(C)C)NC(=O)[C@@H](CCCCN)NC(=O)[C@H](Cc1ccc(O)cc1)NC(=O)[C@H](CO)NC(=O)[C@@H](Cc1c[nH]c2ccccc12)NC(=O)[C@H](C)N)[C](C(=O)[C@H](N)Cc1c[nH]c2ccccc12)C1CC1.